The van der Waals surface area contributed by atoms with Crippen LogP contribution in [0.5, 0.6) is 5.75 Å². The van der Waals surface area contributed by atoms with Crippen molar-refractivity contribution in [3.8, 4) is 5.75 Å². The maximum atomic E-state index is 14.6. The van der Waals surface area contributed by atoms with Crippen molar-refractivity contribution in [2.45, 2.75) is 32.8 Å². The first-order valence-corrected chi connectivity index (χ1v) is 9.45. The number of aryl methyl sites for hydroxylation is 1. The van der Waals surface area contributed by atoms with Gasteiger partial charge >= 0.3 is 5.97 Å². The number of rotatable bonds is 8. The lowest BCUT2D eigenvalue weighted by Gasteiger charge is -2.14. The fourth-order valence-corrected chi connectivity index (χ4v) is 3.26. The highest BCUT2D eigenvalue weighted by Crippen LogP contribution is 2.36. The standard InChI is InChI=1S/C19H17Cl3FNO4/c1-2-16(25)24-15-8-12(20)7-11(18(15)23)9-28-19-13(21)5-10(6-14(19)22)3-4-17(26)27/h5-8H,2-4,9H2,1H3,(H,24,25)(H,26,27). The molecule has 28 heavy (non-hydrogen) atoms. The Hall–Kier alpha value is -2.02. The molecule has 2 rings (SSSR count). The van der Waals surface area contributed by atoms with Crippen molar-refractivity contribution >= 4 is 52.4 Å². The molecule has 2 aromatic rings. The van der Waals surface area contributed by atoms with Gasteiger partial charge in [0.2, 0.25) is 5.91 Å². The molecule has 0 aliphatic heterocycles. The number of benzene rings is 2. The van der Waals surface area contributed by atoms with Crippen LogP contribution in [0.1, 0.15) is 30.9 Å². The number of hydrogen-bond acceptors (Lipinski definition) is 3. The van der Waals surface area contributed by atoms with E-state index in [4.69, 9.17) is 44.6 Å². The third-order valence-electron chi connectivity index (χ3n) is 3.77. The van der Waals surface area contributed by atoms with Crippen LogP contribution in [0.25, 0.3) is 0 Å². The minimum atomic E-state index is -0.935. The van der Waals surface area contributed by atoms with Crippen LogP contribution in [-0.4, -0.2) is 17.0 Å². The molecule has 5 nitrogen and oxygen atoms in total. The molecule has 0 spiro atoms. The third-order valence-corrected chi connectivity index (χ3v) is 4.55. The Kier molecular flexibility index (Phi) is 7.92. The first-order chi connectivity index (χ1) is 13.2. The summed E-state index contributed by atoms with van der Waals surface area (Å²) in [5.74, 6) is -1.82. The molecule has 0 saturated carbocycles. The Morgan fingerprint density at radius 3 is 2.36 bits per heavy atom. The first kappa shape index (κ1) is 22.3. The van der Waals surface area contributed by atoms with Crippen molar-refractivity contribution in [2.75, 3.05) is 5.32 Å². The van der Waals surface area contributed by atoms with Gasteiger partial charge in [0.25, 0.3) is 0 Å². The molecule has 0 fully saturated rings. The number of carboxylic acid groups (broad SMARTS) is 1. The third kappa shape index (κ3) is 5.99. The number of aliphatic carboxylic acids is 1. The molecular weight excluding hydrogens is 432 g/mol. The van der Waals surface area contributed by atoms with Gasteiger partial charge in [-0.15, -0.1) is 0 Å². The van der Waals surface area contributed by atoms with Gasteiger partial charge in [0.05, 0.1) is 15.7 Å². The van der Waals surface area contributed by atoms with Gasteiger partial charge in [0.1, 0.15) is 6.61 Å². The largest absolute Gasteiger partial charge is 0.486 e. The number of carboxylic acids is 1. The molecule has 1 amide bonds. The van der Waals surface area contributed by atoms with Crippen LogP contribution in [0.15, 0.2) is 24.3 Å². The molecule has 0 saturated heterocycles. The fraction of sp³-hybridized carbons (Fsp3) is 0.263. The predicted octanol–water partition coefficient (Wildman–Crippen LogP) is 5.73. The van der Waals surface area contributed by atoms with Gasteiger partial charge in [-0.2, -0.15) is 0 Å². The maximum absolute atomic E-state index is 14.6. The summed E-state index contributed by atoms with van der Waals surface area (Å²) in [6.45, 7) is 1.42. The summed E-state index contributed by atoms with van der Waals surface area (Å²) in [4.78, 5) is 22.2. The number of ether oxygens (including phenoxy) is 1. The average Bonchev–Trinajstić information content (AvgIpc) is 2.62. The van der Waals surface area contributed by atoms with Gasteiger partial charge in [-0.25, -0.2) is 4.39 Å². The lowest BCUT2D eigenvalue weighted by molar-refractivity contribution is -0.137. The number of halogens is 4. The molecule has 9 heteroatoms. The van der Waals surface area contributed by atoms with Crippen LogP contribution >= 0.6 is 34.8 Å². The summed E-state index contributed by atoms with van der Waals surface area (Å²) in [5.41, 5.74) is 0.711. The molecule has 0 unspecified atom stereocenters. The van der Waals surface area contributed by atoms with Gasteiger partial charge in [-0.3, -0.25) is 9.59 Å². The highest BCUT2D eigenvalue weighted by atomic mass is 35.5. The van der Waals surface area contributed by atoms with E-state index in [2.05, 4.69) is 5.32 Å². The summed E-state index contributed by atoms with van der Waals surface area (Å²) < 4.78 is 20.2. The second-order valence-electron chi connectivity index (χ2n) is 5.90. The summed E-state index contributed by atoms with van der Waals surface area (Å²) in [6, 6.07) is 5.78. The highest BCUT2D eigenvalue weighted by molar-refractivity contribution is 6.37. The molecule has 0 aliphatic carbocycles. The fourth-order valence-electron chi connectivity index (χ4n) is 2.38. The Bertz CT molecular complexity index is 882. The number of amides is 1. The molecule has 0 aromatic heterocycles. The topological polar surface area (TPSA) is 75.6 Å². The monoisotopic (exact) mass is 447 g/mol. The van der Waals surface area contributed by atoms with Crippen LogP contribution in [0.4, 0.5) is 10.1 Å². The van der Waals surface area contributed by atoms with E-state index in [1.165, 1.54) is 12.1 Å². The number of nitrogens with one attached hydrogen (secondary N) is 1. The van der Waals surface area contributed by atoms with E-state index >= 15 is 0 Å². The SMILES string of the molecule is CCC(=O)Nc1cc(Cl)cc(COc2c(Cl)cc(CCC(=O)O)cc2Cl)c1F. The minimum absolute atomic E-state index is 0.0424. The van der Waals surface area contributed by atoms with E-state index in [1.54, 1.807) is 19.1 Å². The summed E-state index contributed by atoms with van der Waals surface area (Å²) >= 11 is 18.3. The summed E-state index contributed by atoms with van der Waals surface area (Å²) in [5, 5.41) is 11.8. The number of carbonyl (C=O) groups is 2. The van der Waals surface area contributed by atoms with Gasteiger partial charge < -0.3 is 15.2 Å². The molecule has 0 atom stereocenters. The molecule has 2 aromatic carbocycles. The Morgan fingerprint density at radius 1 is 1.14 bits per heavy atom. The van der Waals surface area contributed by atoms with Crippen molar-refractivity contribution in [2.24, 2.45) is 0 Å². The van der Waals surface area contributed by atoms with Crippen molar-refractivity contribution < 1.29 is 23.8 Å². The van der Waals surface area contributed by atoms with Crippen molar-refractivity contribution in [1.29, 1.82) is 0 Å². The zero-order valence-corrected chi connectivity index (χ0v) is 17.1. The summed E-state index contributed by atoms with van der Waals surface area (Å²) in [6.07, 6.45) is 0.391. The van der Waals surface area contributed by atoms with E-state index in [0.29, 0.717) is 5.56 Å². The second-order valence-corrected chi connectivity index (χ2v) is 7.15. The molecule has 2 N–H and O–H groups in total. The molecule has 0 heterocycles. The number of carbonyl (C=O) groups excluding carboxylic acids is 1. The Morgan fingerprint density at radius 2 is 1.79 bits per heavy atom. The molecule has 0 radical (unpaired) electrons. The van der Waals surface area contributed by atoms with Crippen LogP contribution in [0.3, 0.4) is 0 Å². The zero-order chi connectivity index (χ0) is 20.8. The predicted molar refractivity (Wildman–Crippen MR) is 107 cm³/mol. The van der Waals surface area contributed by atoms with E-state index in [-0.39, 0.29) is 63.8 Å². The van der Waals surface area contributed by atoms with Gasteiger partial charge in [-0.1, -0.05) is 41.7 Å². The maximum Gasteiger partial charge on any atom is 0.303 e. The van der Waals surface area contributed by atoms with E-state index < -0.39 is 11.8 Å². The Labute approximate surface area is 176 Å². The normalized spacial score (nSPS) is 10.6. The minimum Gasteiger partial charge on any atom is -0.486 e. The second kappa shape index (κ2) is 9.96. The smallest absolute Gasteiger partial charge is 0.303 e. The van der Waals surface area contributed by atoms with E-state index in [0.717, 1.165) is 0 Å². The van der Waals surface area contributed by atoms with Crippen LogP contribution < -0.4 is 10.1 Å². The van der Waals surface area contributed by atoms with Crippen molar-refractivity contribution in [3.05, 3.63) is 56.3 Å². The van der Waals surface area contributed by atoms with E-state index in [1.807, 2.05) is 0 Å². The van der Waals surface area contributed by atoms with Gasteiger partial charge in [0, 0.05) is 23.4 Å². The summed E-state index contributed by atoms with van der Waals surface area (Å²) in [7, 11) is 0. The number of anilines is 1. The molecular formula is C19H17Cl3FNO4. The van der Waals surface area contributed by atoms with Crippen LogP contribution in [0, 0.1) is 5.82 Å². The molecule has 0 aliphatic rings. The average molecular weight is 449 g/mol. The van der Waals surface area contributed by atoms with Gasteiger partial charge in [-0.05, 0) is 36.2 Å². The molecule has 0 bridgehead atoms. The Balaban J connectivity index is 2.19. The van der Waals surface area contributed by atoms with Crippen LogP contribution in [-0.2, 0) is 22.6 Å². The first-order valence-electron chi connectivity index (χ1n) is 8.31. The van der Waals surface area contributed by atoms with Crippen LogP contribution in [0.2, 0.25) is 15.1 Å². The van der Waals surface area contributed by atoms with Crippen molar-refractivity contribution in [1.82, 2.24) is 0 Å². The quantitative estimate of drug-likeness (QED) is 0.541. The lowest BCUT2D eigenvalue weighted by atomic mass is 10.1. The number of hydrogen-bond donors (Lipinski definition) is 2. The van der Waals surface area contributed by atoms with Gasteiger partial charge in [0.15, 0.2) is 11.6 Å². The zero-order valence-electron chi connectivity index (χ0n) is 14.8. The lowest BCUT2D eigenvalue weighted by Crippen LogP contribution is -2.12. The van der Waals surface area contributed by atoms with Crippen molar-refractivity contribution in [3.63, 3.8) is 0 Å². The highest BCUT2D eigenvalue weighted by Gasteiger charge is 2.16. The van der Waals surface area contributed by atoms with E-state index in [9.17, 15) is 14.0 Å². The molecule has 150 valence electrons.